The minimum Gasteiger partial charge on any atom is -0.497 e. The molecule has 1 atom stereocenters. The Hall–Kier alpha value is -2.73. The van der Waals surface area contributed by atoms with Gasteiger partial charge in [-0.15, -0.1) is 0 Å². The largest absolute Gasteiger partial charge is 0.497 e. The molecule has 0 aliphatic carbocycles. The van der Waals surface area contributed by atoms with E-state index in [-0.39, 0.29) is 11.9 Å². The average molecular weight is 398 g/mol. The van der Waals surface area contributed by atoms with E-state index < -0.39 is 0 Å². The third-order valence-electron chi connectivity index (χ3n) is 5.45. The molecule has 156 valence electrons. The van der Waals surface area contributed by atoms with Gasteiger partial charge >= 0.3 is 0 Å². The summed E-state index contributed by atoms with van der Waals surface area (Å²) >= 11 is 0. The number of carbonyl (C=O) groups is 1. The minimum atomic E-state index is -0.128. The average Bonchev–Trinajstić information content (AvgIpc) is 3.28. The van der Waals surface area contributed by atoms with Crippen molar-refractivity contribution in [1.29, 1.82) is 0 Å². The summed E-state index contributed by atoms with van der Waals surface area (Å²) in [5.41, 5.74) is 2.92. The maximum absolute atomic E-state index is 12.8. The summed E-state index contributed by atoms with van der Waals surface area (Å²) in [5.74, 6) is 1.08. The Bertz CT molecular complexity index is 792. The monoisotopic (exact) mass is 397 g/mol. The van der Waals surface area contributed by atoms with Gasteiger partial charge in [0.25, 0.3) is 5.91 Å². The van der Waals surface area contributed by atoms with E-state index in [1.165, 1.54) is 24.1 Å². The smallest absolute Gasteiger partial charge is 0.251 e. The lowest BCUT2D eigenvalue weighted by atomic mass is 10.0. The molecule has 0 unspecified atom stereocenters. The highest BCUT2D eigenvalue weighted by atomic mass is 16.5. The van der Waals surface area contributed by atoms with Crippen LogP contribution in [0.1, 0.15) is 34.8 Å². The summed E-state index contributed by atoms with van der Waals surface area (Å²) in [5, 5.41) is 3.11. The number of amides is 1. The molecule has 1 N–H and O–H groups in total. The van der Waals surface area contributed by atoms with E-state index in [0.717, 1.165) is 13.1 Å². The van der Waals surface area contributed by atoms with Gasteiger partial charge in [-0.05, 0) is 55.8 Å². The van der Waals surface area contributed by atoms with Crippen molar-refractivity contribution in [2.24, 2.45) is 0 Å². The SMILES string of the molecule is COc1cc(OC)cc(C(=O)NC[C@@H](c2ccc(N(C)C)cc2)N2CCCC2)c1. The quantitative estimate of drug-likeness (QED) is 0.740. The normalized spacial score (nSPS) is 15.0. The first kappa shape index (κ1) is 21.0. The molecule has 6 heteroatoms. The van der Waals surface area contributed by atoms with Crippen molar-refractivity contribution < 1.29 is 14.3 Å². The fourth-order valence-electron chi connectivity index (χ4n) is 3.74. The zero-order chi connectivity index (χ0) is 20.8. The van der Waals surface area contributed by atoms with Crippen LogP contribution < -0.4 is 19.7 Å². The standard InChI is InChI=1S/C23H31N3O3/c1-25(2)19-9-7-17(8-10-19)22(26-11-5-6-12-26)16-24-23(27)18-13-20(28-3)15-21(14-18)29-4/h7-10,13-15,22H,5-6,11-12,16H2,1-4H3,(H,24,27)/t22-/m0/s1. The van der Waals surface area contributed by atoms with Crippen LogP contribution in [0.4, 0.5) is 5.69 Å². The fourth-order valence-corrected chi connectivity index (χ4v) is 3.74. The topological polar surface area (TPSA) is 54.0 Å². The maximum Gasteiger partial charge on any atom is 0.251 e. The molecule has 0 saturated carbocycles. The van der Waals surface area contributed by atoms with Crippen molar-refractivity contribution in [3.8, 4) is 11.5 Å². The second-order valence-corrected chi connectivity index (χ2v) is 7.56. The van der Waals surface area contributed by atoms with Crippen molar-refractivity contribution in [1.82, 2.24) is 10.2 Å². The fraction of sp³-hybridized carbons (Fsp3) is 0.435. The number of likely N-dealkylation sites (tertiary alicyclic amines) is 1. The van der Waals surface area contributed by atoms with Gasteiger partial charge in [-0.2, -0.15) is 0 Å². The Balaban J connectivity index is 1.75. The van der Waals surface area contributed by atoms with Gasteiger partial charge in [0.2, 0.25) is 0 Å². The van der Waals surface area contributed by atoms with Crippen LogP contribution in [-0.4, -0.2) is 58.8 Å². The molecule has 0 bridgehead atoms. The second kappa shape index (κ2) is 9.65. The van der Waals surface area contributed by atoms with E-state index in [2.05, 4.69) is 39.4 Å². The summed E-state index contributed by atoms with van der Waals surface area (Å²) in [6.07, 6.45) is 2.40. The van der Waals surface area contributed by atoms with Crippen LogP contribution in [0.5, 0.6) is 11.5 Å². The van der Waals surface area contributed by atoms with Crippen LogP contribution in [0, 0.1) is 0 Å². The number of methoxy groups -OCH3 is 2. The van der Waals surface area contributed by atoms with Crippen molar-refractivity contribution in [2.45, 2.75) is 18.9 Å². The Morgan fingerprint density at radius 1 is 1.03 bits per heavy atom. The number of benzene rings is 2. The first-order chi connectivity index (χ1) is 14.0. The van der Waals surface area contributed by atoms with Crippen LogP contribution in [0.3, 0.4) is 0 Å². The van der Waals surface area contributed by atoms with Crippen LogP contribution in [-0.2, 0) is 0 Å². The van der Waals surface area contributed by atoms with Gasteiger partial charge in [0.1, 0.15) is 11.5 Å². The minimum absolute atomic E-state index is 0.128. The van der Waals surface area contributed by atoms with Crippen molar-refractivity contribution in [3.63, 3.8) is 0 Å². The lowest BCUT2D eigenvalue weighted by Crippen LogP contribution is -2.36. The number of nitrogens with zero attached hydrogens (tertiary/aromatic N) is 2. The van der Waals surface area contributed by atoms with Gasteiger partial charge in [-0.1, -0.05) is 12.1 Å². The molecule has 1 aliphatic rings. The summed E-state index contributed by atoms with van der Waals surface area (Å²) in [6, 6.07) is 14.0. The van der Waals surface area contributed by atoms with E-state index in [1.54, 1.807) is 32.4 Å². The van der Waals surface area contributed by atoms with Crippen LogP contribution in [0.15, 0.2) is 42.5 Å². The molecule has 1 fully saturated rings. The highest BCUT2D eigenvalue weighted by Gasteiger charge is 2.24. The molecule has 0 radical (unpaired) electrons. The number of anilines is 1. The molecule has 1 amide bonds. The summed E-state index contributed by atoms with van der Waals surface area (Å²) in [4.78, 5) is 17.4. The number of carbonyl (C=O) groups excluding carboxylic acids is 1. The molecule has 29 heavy (non-hydrogen) atoms. The molecule has 1 saturated heterocycles. The van der Waals surface area contributed by atoms with Crippen molar-refractivity contribution in [3.05, 3.63) is 53.6 Å². The van der Waals surface area contributed by atoms with Gasteiger partial charge in [0.05, 0.1) is 20.3 Å². The molecule has 0 spiro atoms. The highest BCUT2D eigenvalue weighted by molar-refractivity contribution is 5.95. The highest BCUT2D eigenvalue weighted by Crippen LogP contribution is 2.27. The van der Waals surface area contributed by atoms with E-state index in [1.807, 2.05) is 14.1 Å². The second-order valence-electron chi connectivity index (χ2n) is 7.56. The molecule has 3 rings (SSSR count). The third kappa shape index (κ3) is 5.21. The Morgan fingerprint density at radius 2 is 1.62 bits per heavy atom. The van der Waals surface area contributed by atoms with E-state index in [4.69, 9.17) is 9.47 Å². The zero-order valence-electron chi connectivity index (χ0n) is 17.8. The Kier molecular flexibility index (Phi) is 6.99. The van der Waals surface area contributed by atoms with Crippen LogP contribution in [0.2, 0.25) is 0 Å². The maximum atomic E-state index is 12.8. The molecule has 6 nitrogen and oxygen atoms in total. The van der Waals surface area contributed by atoms with Gasteiger partial charge in [0, 0.05) is 38.0 Å². The lowest BCUT2D eigenvalue weighted by molar-refractivity contribution is 0.0937. The zero-order valence-corrected chi connectivity index (χ0v) is 17.8. The number of hydrogen-bond donors (Lipinski definition) is 1. The molecule has 2 aromatic rings. The molecular weight excluding hydrogens is 366 g/mol. The van der Waals surface area contributed by atoms with Gasteiger partial charge in [-0.25, -0.2) is 0 Å². The third-order valence-corrected chi connectivity index (χ3v) is 5.45. The Morgan fingerprint density at radius 3 is 2.14 bits per heavy atom. The molecule has 2 aromatic carbocycles. The van der Waals surface area contributed by atoms with E-state index in [0.29, 0.717) is 23.6 Å². The van der Waals surface area contributed by atoms with E-state index in [9.17, 15) is 4.79 Å². The van der Waals surface area contributed by atoms with Crippen LogP contribution >= 0.6 is 0 Å². The lowest BCUT2D eigenvalue weighted by Gasteiger charge is -2.28. The van der Waals surface area contributed by atoms with Gasteiger partial charge < -0.3 is 19.7 Å². The summed E-state index contributed by atoms with van der Waals surface area (Å²) in [6.45, 7) is 2.67. The number of ether oxygens (including phenoxy) is 2. The van der Waals surface area contributed by atoms with E-state index >= 15 is 0 Å². The van der Waals surface area contributed by atoms with Crippen LogP contribution in [0.25, 0.3) is 0 Å². The first-order valence-corrected chi connectivity index (χ1v) is 10.0. The van der Waals surface area contributed by atoms with Crippen molar-refractivity contribution >= 4 is 11.6 Å². The van der Waals surface area contributed by atoms with Crippen molar-refractivity contribution in [2.75, 3.05) is 52.8 Å². The molecule has 0 aromatic heterocycles. The predicted octanol–water partition coefficient (Wildman–Crippen LogP) is 3.34. The Labute approximate surface area is 173 Å². The molecule has 1 heterocycles. The van der Waals surface area contributed by atoms with Gasteiger partial charge in [0.15, 0.2) is 0 Å². The number of rotatable bonds is 8. The number of nitrogens with one attached hydrogen (secondary N) is 1. The van der Waals surface area contributed by atoms with Gasteiger partial charge in [-0.3, -0.25) is 9.69 Å². The molecular formula is C23H31N3O3. The summed E-state index contributed by atoms with van der Waals surface area (Å²) < 4.78 is 10.6. The first-order valence-electron chi connectivity index (χ1n) is 10.0. The molecule has 1 aliphatic heterocycles. The summed E-state index contributed by atoms with van der Waals surface area (Å²) in [7, 11) is 7.24. The number of hydrogen-bond acceptors (Lipinski definition) is 5. The predicted molar refractivity (Wildman–Crippen MR) is 116 cm³/mol.